The van der Waals surface area contributed by atoms with E-state index in [1.807, 2.05) is 30.3 Å². The van der Waals surface area contributed by atoms with Gasteiger partial charge in [0.25, 0.3) is 11.8 Å². The number of aryl methyl sites for hydroxylation is 1. The van der Waals surface area contributed by atoms with Gasteiger partial charge in [-0.1, -0.05) is 42.4 Å². The van der Waals surface area contributed by atoms with E-state index in [1.165, 1.54) is 28.6 Å². The van der Waals surface area contributed by atoms with Crippen molar-refractivity contribution in [2.75, 3.05) is 11.9 Å². The molecule has 4 aromatic rings. The fourth-order valence-corrected chi connectivity index (χ4v) is 4.59. The molecule has 4 rings (SSSR count). The molecular weight excluding hydrogens is 444 g/mol. The third kappa shape index (κ3) is 4.99. The van der Waals surface area contributed by atoms with Gasteiger partial charge in [0.2, 0.25) is 10.0 Å². The summed E-state index contributed by atoms with van der Waals surface area (Å²) in [5.41, 5.74) is 1.62. The van der Waals surface area contributed by atoms with E-state index in [2.05, 4.69) is 20.6 Å². The highest BCUT2D eigenvalue weighted by Crippen LogP contribution is 2.21. The Morgan fingerprint density at radius 3 is 2.42 bits per heavy atom. The molecule has 2 heterocycles. The molecular formula is C22H22N6O4S. The van der Waals surface area contributed by atoms with Gasteiger partial charge in [-0.25, -0.2) is 8.42 Å². The molecule has 0 atom stereocenters. The summed E-state index contributed by atoms with van der Waals surface area (Å²) in [6.45, 7) is 2.36. The molecule has 0 aliphatic heterocycles. The maximum atomic E-state index is 13.1. The number of sulfonamides is 1. The zero-order valence-corrected chi connectivity index (χ0v) is 18.9. The Morgan fingerprint density at radius 1 is 1.06 bits per heavy atom. The van der Waals surface area contributed by atoms with Crippen molar-refractivity contribution in [1.29, 1.82) is 0 Å². The Kier molecular flexibility index (Phi) is 6.33. The van der Waals surface area contributed by atoms with Gasteiger partial charge in [-0.2, -0.15) is 9.40 Å². The van der Waals surface area contributed by atoms with Gasteiger partial charge in [-0.15, -0.1) is 5.10 Å². The number of hydrogen-bond donors (Lipinski definition) is 1. The SMILES string of the molecule is CCN(Cc1ccccc1)S(=O)(=O)c1ccc(C(=O)Nc2nnc(-c3ccn(C)n3)o2)cc1. The summed E-state index contributed by atoms with van der Waals surface area (Å²) in [6.07, 6.45) is 1.73. The molecule has 10 nitrogen and oxygen atoms in total. The summed E-state index contributed by atoms with van der Waals surface area (Å²) in [7, 11) is -1.97. The lowest BCUT2D eigenvalue weighted by Crippen LogP contribution is -2.30. The lowest BCUT2D eigenvalue weighted by molar-refractivity contribution is 0.102. The van der Waals surface area contributed by atoms with Crippen LogP contribution in [0.1, 0.15) is 22.8 Å². The van der Waals surface area contributed by atoms with Crippen molar-refractivity contribution < 1.29 is 17.6 Å². The Morgan fingerprint density at radius 2 is 1.79 bits per heavy atom. The van der Waals surface area contributed by atoms with E-state index in [0.29, 0.717) is 12.2 Å². The Bertz CT molecular complexity index is 1350. The number of amides is 1. The Balaban J connectivity index is 1.46. The van der Waals surface area contributed by atoms with Gasteiger partial charge in [-0.3, -0.25) is 14.8 Å². The number of anilines is 1. The monoisotopic (exact) mass is 466 g/mol. The van der Waals surface area contributed by atoms with E-state index >= 15 is 0 Å². The largest absolute Gasteiger partial charge is 0.401 e. The number of benzene rings is 2. The second-order valence-electron chi connectivity index (χ2n) is 7.18. The molecule has 0 spiro atoms. The van der Waals surface area contributed by atoms with Crippen molar-refractivity contribution in [2.45, 2.75) is 18.4 Å². The van der Waals surface area contributed by atoms with Crippen LogP contribution < -0.4 is 5.32 Å². The summed E-state index contributed by atoms with van der Waals surface area (Å²) in [5, 5.41) is 14.3. The summed E-state index contributed by atoms with van der Waals surface area (Å²) in [5.74, 6) is -0.336. The standard InChI is InChI=1S/C22H22N6O4S/c1-3-28(15-16-7-5-4-6-8-16)33(30,31)18-11-9-17(10-12-18)20(29)23-22-25-24-21(32-22)19-13-14-27(2)26-19/h4-14H,3,15H2,1-2H3,(H,23,25,29). The Labute approximate surface area is 190 Å². The molecule has 1 N–H and O–H groups in total. The lowest BCUT2D eigenvalue weighted by atomic mass is 10.2. The van der Waals surface area contributed by atoms with E-state index < -0.39 is 15.9 Å². The fraction of sp³-hybridized carbons (Fsp3) is 0.182. The third-order valence-corrected chi connectivity index (χ3v) is 6.82. The van der Waals surface area contributed by atoms with Gasteiger partial charge in [-0.05, 0) is 35.9 Å². The number of carbonyl (C=O) groups is 1. The van der Waals surface area contributed by atoms with Crippen LogP contribution in [0, 0.1) is 0 Å². The highest BCUT2D eigenvalue weighted by atomic mass is 32.2. The van der Waals surface area contributed by atoms with Crippen molar-refractivity contribution in [3.8, 4) is 11.6 Å². The van der Waals surface area contributed by atoms with Crippen LogP contribution in [0.3, 0.4) is 0 Å². The number of rotatable bonds is 8. The van der Waals surface area contributed by atoms with Gasteiger partial charge in [0.05, 0.1) is 4.90 Å². The minimum atomic E-state index is -3.72. The van der Waals surface area contributed by atoms with Crippen LogP contribution in [-0.2, 0) is 23.6 Å². The fourth-order valence-electron chi connectivity index (χ4n) is 3.16. The van der Waals surface area contributed by atoms with Gasteiger partial charge in [0, 0.05) is 31.9 Å². The molecule has 1 amide bonds. The molecule has 0 fully saturated rings. The first-order valence-corrected chi connectivity index (χ1v) is 11.6. The van der Waals surface area contributed by atoms with Crippen LogP contribution in [0.4, 0.5) is 6.01 Å². The average Bonchev–Trinajstić information content (AvgIpc) is 3.47. The molecule has 2 aromatic heterocycles. The number of nitrogens with zero attached hydrogens (tertiary/aromatic N) is 5. The second kappa shape index (κ2) is 9.35. The highest BCUT2D eigenvalue weighted by molar-refractivity contribution is 7.89. The molecule has 0 bridgehead atoms. The zero-order valence-electron chi connectivity index (χ0n) is 18.0. The predicted octanol–water partition coefficient (Wildman–Crippen LogP) is 2.93. The van der Waals surface area contributed by atoms with Crippen LogP contribution in [-0.4, -0.2) is 45.2 Å². The second-order valence-corrected chi connectivity index (χ2v) is 9.12. The normalized spacial score (nSPS) is 11.6. The quantitative estimate of drug-likeness (QED) is 0.423. The van der Waals surface area contributed by atoms with Gasteiger partial charge < -0.3 is 4.42 Å². The lowest BCUT2D eigenvalue weighted by Gasteiger charge is -2.20. The first-order chi connectivity index (χ1) is 15.9. The number of hydrogen-bond acceptors (Lipinski definition) is 7. The van der Waals surface area contributed by atoms with E-state index in [4.69, 9.17) is 4.42 Å². The topological polar surface area (TPSA) is 123 Å². The number of aromatic nitrogens is 4. The van der Waals surface area contributed by atoms with Crippen molar-refractivity contribution in [3.05, 3.63) is 78.0 Å². The zero-order chi connectivity index (χ0) is 23.4. The molecule has 0 aliphatic rings. The molecule has 11 heteroatoms. The molecule has 0 saturated carbocycles. The van der Waals surface area contributed by atoms with E-state index in [-0.39, 0.29) is 28.9 Å². The maximum absolute atomic E-state index is 13.1. The molecule has 2 aromatic carbocycles. The summed E-state index contributed by atoms with van der Waals surface area (Å²) < 4.78 is 34.5. The number of nitrogens with one attached hydrogen (secondary N) is 1. The van der Waals surface area contributed by atoms with Gasteiger partial charge in [0.1, 0.15) is 5.69 Å². The third-order valence-electron chi connectivity index (χ3n) is 4.89. The van der Waals surface area contributed by atoms with Gasteiger partial charge >= 0.3 is 6.01 Å². The van der Waals surface area contributed by atoms with E-state index in [9.17, 15) is 13.2 Å². The summed E-state index contributed by atoms with van der Waals surface area (Å²) in [4.78, 5) is 12.6. The first-order valence-electron chi connectivity index (χ1n) is 10.2. The maximum Gasteiger partial charge on any atom is 0.322 e. The molecule has 170 valence electrons. The van der Waals surface area contributed by atoms with Crippen LogP contribution in [0.2, 0.25) is 0 Å². The first kappa shape index (κ1) is 22.4. The molecule has 33 heavy (non-hydrogen) atoms. The van der Waals surface area contributed by atoms with Crippen LogP contribution in [0.15, 0.2) is 76.2 Å². The minimum Gasteiger partial charge on any atom is -0.401 e. The average molecular weight is 467 g/mol. The van der Waals surface area contributed by atoms with Crippen molar-refractivity contribution >= 4 is 21.9 Å². The van der Waals surface area contributed by atoms with Crippen molar-refractivity contribution in [3.63, 3.8) is 0 Å². The van der Waals surface area contributed by atoms with E-state index in [1.54, 1.807) is 30.9 Å². The smallest absolute Gasteiger partial charge is 0.322 e. The van der Waals surface area contributed by atoms with Gasteiger partial charge in [0.15, 0.2) is 0 Å². The van der Waals surface area contributed by atoms with Crippen molar-refractivity contribution in [1.82, 2.24) is 24.3 Å². The highest BCUT2D eigenvalue weighted by Gasteiger charge is 2.24. The predicted molar refractivity (Wildman–Crippen MR) is 121 cm³/mol. The summed E-state index contributed by atoms with van der Waals surface area (Å²) >= 11 is 0. The molecule has 0 unspecified atom stereocenters. The van der Waals surface area contributed by atoms with Crippen LogP contribution in [0.5, 0.6) is 0 Å². The molecule has 0 aliphatic carbocycles. The molecule has 0 saturated heterocycles. The Hall–Kier alpha value is -3.83. The minimum absolute atomic E-state index is 0.0858. The number of carbonyl (C=O) groups excluding carboxylic acids is 1. The van der Waals surface area contributed by atoms with E-state index in [0.717, 1.165) is 5.56 Å². The summed E-state index contributed by atoms with van der Waals surface area (Å²) in [6, 6.07) is 16.7. The molecule has 0 radical (unpaired) electrons. The van der Waals surface area contributed by atoms with Crippen molar-refractivity contribution in [2.24, 2.45) is 7.05 Å². The van der Waals surface area contributed by atoms with Crippen LogP contribution >= 0.6 is 0 Å². The van der Waals surface area contributed by atoms with Crippen LogP contribution in [0.25, 0.3) is 11.6 Å².